The Morgan fingerprint density at radius 3 is 2.74 bits per heavy atom. The minimum Gasteiger partial charge on any atom is -0.480 e. The highest BCUT2D eigenvalue weighted by Crippen LogP contribution is 2.13. The van der Waals surface area contributed by atoms with Crippen LogP contribution in [-0.4, -0.2) is 65.1 Å². The normalized spacial score (nSPS) is 22.7. The number of aliphatic carboxylic acids is 1. The Balaban J connectivity index is 2.54. The van der Waals surface area contributed by atoms with E-state index < -0.39 is 24.1 Å². The van der Waals surface area contributed by atoms with Crippen molar-refractivity contribution < 1.29 is 24.5 Å². The summed E-state index contributed by atoms with van der Waals surface area (Å²) >= 11 is 0. The number of carboxylic acid groups (broad SMARTS) is 1. The molecule has 7 nitrogen and oxygen atoms in total. The van der Waals surface area contributed by atoms with Gasteiger partial charge in [-0.2, -0.15) is 0 Å². The van der Waals surface area contributed by atoms with E-state index in [4.69, 9.17) is 9.84 Å². The number of nitrogens with zero attached hydrogens (tertiary/aromatic N) is 1. The topological polar surface area (TPSA) is 99.1 Å². The molecule has 3 unspecified atom stereocenters. The Bertz CT molecular complexity index is 319. The zero-order chi connectivity index (χ0) is 14.4. The maximum absolute atomic E-state index is 12.0. The van der Waals surface area contributed by atoms with E-state index in [-0.39, 0.29) is 6.10 Å². The van der Waals surface area contributed by atoms with Crippen molar-refractivity contribution in [2.24, 2.45) is 0 Å². The van der Waals surface area contributed by atoms with Gasteiger partial charge in [-0.15, -0.1) is 0 Å². The first-order valence-corrected chi connectivity index (χ1v) is 6.53. The third-order valence-corrected chi connectivity index (χ3v) is 3.10. The average Bonchev–Trinajstić information content (AvgIpc) is 2.35. The molecule has 0 aromatic carbocycles. The fourth-order valence-corrected chi connectivity index (χ4v) is 2.11. The third kappa shape index (κ3) is 4.68. The van der Waals surface area contributed by atoms with E-state index in [1.54, 1.807) is 0 Å². The molecule has 1 heterocycles. The smallest absolute Gasteiger partial charge is 0.328 e. The molecule has 1 saturated heterocycles. The van der Waals surface area contributed by atoms with E-state index in [9.17, 15) is 14.7 Å². The molecule has 0 bridgehead atoms. The van der Waals surface area contributed by atoms with E-state index in [1.165, 1.54) is 11.8 Å². The highest BCUT2D eigenvalue weighted by molar-refractivity contribution is 5.83. The van der Waals surface area contributed by atoms with Crippen molar-refractivity contribution in [2.45, 2.75) is 44.9 Å². The van der Waals surface area contributed by atoms with Crippen LogP contribution in [0.5, 0.6) is 0 Å². The molecule has 0 saturated carbocycles. The molecular weight excluding hydrogens is 252 g/mol. The summed E-state index contributed by atoms with van der Waals surface area (Å²) in [7, 11) is 0. The lowest BCUT2D eigenvalue weighted by Gasteiger charge is -2.33. The van der Waals surface area contributed by atoms with Crippen molar-refractivity contribution in [3.8, 4) is 0 Å². The summed E-state index contributed by atoms with van der Waals surface area (Å²) in [5.74, 6) is -1.25. The van der Waals surface area contributed by atoms with Crippen LogP contribution in [0.2, 0.25) is 0 Å². The van der Waals surface area contributed by atoms with Gasteiger partial charge in [-0.3, -0.25) is 0 Å². The molecule has 0 radical (unpaired) electrons. The van der Waals surface area contributed by atoms with Gasteiger partial charge in [0.25, 0.3) is 0 Å². The van der Waals surface area contributed by atoms with Gasteiger partial charge in [0.15, 0.2) is 6.04 Å². The van der Waals surface area contributed by atoms with Crippen LogP contribution in [0.4, 0.5) is 4.79 Å². The number of amides is 2. The first-order chi connectivity index (χ1) is 8.95. The second-order valence-electron chi connectivity index (χ2n) is 4.67. The number of hydrogen-bond acceptors (Lipinski definition) is 4. The quantitative estimate of drug-likeness (QED) is 0.657. The van der Waals surface area contributed by atoms with E-state index >= 15 is 0 Å². The Hall–Kier alpha value is -1.34. The SMILES string of the molecule is CCOC1CCCN(C(=O)NC(C(=O)O)C(C)O)C1. The number of aliphatic hydroxyl groups excluding tert-OH is 1. The molecule has 0 aromatic heterocycles. The largest absolute Gasteiger partial charge is 0.480 e. The van der Waals surface area contributed by atoms with Crippen molar-refractivity contribution >= 4 is 12.0 Å². The van der Waals surface area contributed by atoms with Gasteiger partial charge in [0.1, 0.15) is 0 Å². The monoisotopic (exact) mass is 274 g/mol. The summed E-state index contributed by atoms with van der Waals surface area (Å²) in [6.07, 6.45) is 0.578. The lowest BCUT2D eigenvalue weighted by molar-refractivity contribution is -0.141. The number of ether oxygens (including phenoxy) is 1. The number of nitrogens with one attached hydrogen (secondary N) is 1. The lowest BCUT2D eigenvalue weighted by Crippen LogP contribution is -2.55. The van der Waals surface area contributed by atoms with Crippen LogP contribution in [0.15, 0.2) is 0 Å². The summed E-state index contributed by atoms with van der Waals surface area (Å²) in [5.41, 5.74) is 0. The van der Waals surface area contributed by atoms with Crippen LogP contribution < -0.4 is 5.32 Å². The minimum absolute atomic E-state index is 0.000622. The summed E-state index contributed by atoms with van der Waals surface area (Å²) in [4.78, 5) is 24.4. The average molecular weight is 274 g/mol. The summed E-state index contributed by atoms with van der Waals surface area (Å²) in [5, 5.41) is 20.6. The fourth-order valence-electron chi connectivity index (χ4n) is 2.11. The molecule has 110 valence electrons. The van der Waals surface area contributed by atoms with Crippen molar-refractivity contribution in [1.82, 2.24) is 10.2 Å². The standard InChI is InChI=1S/C12H22N2O5/c1-3-19-9-5-4-6-14(7-9)12(18)13-10(8(2)15)11(16)17/h8-10,15H,3-7H2,1-2H3,(H,13,18)(H,16,17). The van der Waals surface area contributed by atoms with Crippen LogP contribution in [0.25, 0.3) is 0 Å². The minimum atomic E-state index is -1.29. The Kier molecular flexibility index (Phi) is 6.04. The van der Waals surface area contributed by atoms with E-state index in [2.05, 4.69) is 5.32 Å². The molecule has 0 aliphatic carbocycles. The van der Waals surface area contributed by atoms with Crippen molar-refractivity contribution in [3.05, 3.63) is 0 Å². The summed E-state index contributed by atoms with van der Waals surface area (Å²) in [6, 6.07) is -1.77. The predicted molar refractivity (Wildman–Crippen MR) is 67.9 cm³/mol. The number of aliphatic hydroxyl groups is 1. The molecule has 0 spiro atoms. The van der Waals surface area contributed by atoms with E-state index in [0.717, 1.165) is 12.8 Å². The number of rotatable bonds is 5. The number of urea groups is 1. The molecular formula is C12H22N2O5. The molecule has 2 amide bonds. The number of piperidine rings is 1. The van der Waals surface area contributed by atoms with Gasteiger partial charge in [0.2, 0.25) is 0 Å². The molecule has 1 aliphatic heterocycles. The lowest BCUT2D eigenvalue weighted by atomic mass is 10.1. The number of likely N-dealkylation sites (tertiary alicyclic amines) is 1. The van der Waals surface area contributed by atoms with Gasteiger partial charge in [0.05, 0.1) is 12.2 Å². The maximum Gasteiger partial charge on any atom is 0.328 e. The number of carbonyl (C=O) groups excluding carboxylic acids is 1. The van der Waals surface area contributed by atoms with Crippen molar-refractivity contribution in [2.75, 3.05) is 19.7 Å². The zero-order valence-electron chi connectivity index (χ0n) is 11.3. The second kappa shape index (κ2) is 7.30. The fraction of sp³-hybridized carbons (Fsp3) is 0.833. The number of carboxylic acids is 1. The van der Waals surface area contributed by atoms with E-state index in [1.807, 2.05) is 6.92 Å². The van der Waals surface area contributed by atoms with Gasteiger partial charge >= 0.3 is 12.0 Å². The highest BCUT2D eigenvalue weighted by atomic mass is 16.5. The second-order valence-corrected chi connectivity index (χ2v) is 4.67. The van der Waals surface area contributed by atoms with Gasteiger partial charge in [-0.25, -0.2) is 9.59 Å². The van der Waals surface area contributed by atoms with Crippen LogP contribution in [0.1, 0.15) is 26.7 Å². The molecule has 19 heavy (non-hydrogen) atoms. The highest BCUT2D eigenvalue weighted by Gasteiger charge is 2.29. The van der Waals surface area contributed by atoms with Crippen molar-refractivity contribution in [1.29, 1.82) is 0 Å². The van der Waals surface area contributed by atoms with Crippen molar-refractivity contribution in [3.63, 3.8) is 0 Å². The van der Waals surface area contributed by atoms with E-state index in [0.29, 0.717) is 19.7 Å². The van der Waals surface area contributed by atoms with Crippen LogP contribution in [0.3, 0.4) is 0 Å². The Morgan fingerprint density at radius 1 is 1.53 bits per heavy atom. The molecule has 1 aliphatic rings. The van der Waals surface area contributed by atoms with Gasteiger partial charge in [-0.1, -0.05) is 0 Å². The predicted octanol–water partition coefficient (Wildman–Crippen LogP) is 0.0309. The number of hydrogen-bond donors (Lipinski definition) is 3. The van der Waals surface area contributed by atoms with Crippen LogP contribution >= 0.6 is 0 Å². The molecule has 3 N–H and O–H groups in total. The Morgan fingerprint density at radius 2 is 2.21 bits per heavy atom. The number of carbonyl (C=O) groups is 2. The molecule has 1 fully saturated rings. The van der Waals surface area contributed by atoms with Crippen LogP contribution in [0, 0.1) is 0 Å². The summed E-state index contributed by atoms with van der Waals surface area (Å²) < 4.78 is 5.48. The van der Waals surface area contributed by atoms with Gasteiger partial charge < -0.3 is 25.2 Å². The molecule has 3 atom stereocenters. The van der Waals surface area contributed by atoms with Gasteiger partial charge in [0, 0.05) is 19.7 Å². The van der Waals surface area contributed by atoms with Gasteiger partial charge in [-0.05, 0) is 26.7 Å². The zero-order valence-corrected chi connectivity index (χ0v) is 11.3. The first kappa shape index (κ1) is 15.7. The third-order valence-electron chi connectivity index (χ3n) is 3.10. The molecule has 7 heteroatoms. The summed E-state index contributed by atoms with van der Waals surface area (Å²) in [6.45, 7) is 4.84. The first-order valence-electron chi connectivity index (χ1n) is 6.53. The van der Waals surface area contributed by atoms with Crippen LogP contribution in [-0.2, 0) is 9.53 Å². The molecule has 0 aromatic rings. The molecule has 1 rings (SSSR count). The Labute approximate surface area is 112 Å². The maximum atomic E-state index is 12.0.